The molecule has 13 heteroatoms. The van der Waals surface area contributed by atoms with Crippen LogP contribution in [0.1, 0.15) is 48.2 Å². The second-order valence-corrected chi connectivity index (χ2v) is 10.3. The van der Waals surface area contributed by atoms with Gasteiger partial charge in [-0.25, -0.2) is 9.37 Å². The van der Waals surface area contributed by atoms with Gasteiger partial charge in [-0.1, -0.05) is 12.0 Å². The number of hydrogen-bond donors (Lipinski definition) is 2. The first-order chi connectivity index (χ1) is 19.7. The number of alkyl halides is 6. The van der Waals surface area contributed by atoms with Crippen molar-refractivity contribution >= 4 is 17.6 Å². The van der Waals surface area contributed by atoms with E-state index in [-0.39, 0.29) is 23.9 Å². The molecule has 43 heavy (non-hydrogen) atoms. The van der Waals surface area contributed by atoms with Gasteiger partial charge >= 0.3 is 18.3 Å². The summed E-state index contributed by atoms with van der Waals surface area (Å²) >= 11 is 0. The zero-order valence-corrected chi connectivity index (χ0v) is 23.3. The van der Waals surface area contributed by atoms with Gasteiger partial charge in [0.2, 0.25) is 5.91 Å². The molecule has 1 heterocycles. The van der Waals surface area contributed by atoms with Crippen LogP contribution in [0, 0.1) is 24.6 Å². The van der Waals surface area contributed by atoms with Gasteiger partial charge in [-0.2, -0.15) is 26.3 Å². The average molecular weight is 610 g/mol. The van der Waals surface area contributed by atoms with Gasteiger partial charge in [-0.3, -0.25) is 9.59 Å². The molecule has 0 radical (unpaired) electrons. The van der Waals surface area contributed by atoms with E-state index in [1.165, 1.54) is 45.3 Å². The maximum atomic E-state index is 13.9. The molecule has 0 aliphatic carbocycles. The lowest BCUT2D eigenvalue weighted by Crippen LogP contribution is -2.42. The SMILES string of the molecule is Cc1cc(F)ccc1-c1cc(C#CC[C@@H](N)C(=O)O)ncc1N(C)C(=O)C(C)(C)c1cc(C(F)(F)F)cc(C(F)(F)F)c1. The summed E-state index contributed by atoms with van der Waals surface area (Å²) < 4.78 is 95.0. The van der Waals surface area contributed by atoms with Gasteiger partial charge in [0, 0.05) is 19.0 Å². The number of anilines is 1. The maximum absolute atomic E-state index is 13.9. The molecule has 0 spiro atoms. The van der Waals surface area contributed by atoms with E-state index in [0.29, 0.717) is 28.8 Å². The number of halogens is 7. The van der Waals surface area contributed by atoms with E-state index >= 15 is 0 Å². The Bertz CT molecular complexity index is 1590. The van der Waals surface area contributed by atoms with Gasteiger partial charge in [0.05, 0.1) is 28.4 Å². The second-order valence-electron chi connectivity index (χ2n) is 10.3. The normalized spacial score (nSPS) is 12.7. The molecule has 1 amide bonds. The number of carboxylic acid groups (broad SMARTS) is 1. The molecule has 0 unspecified atom stereocenters. The van der Waals surface area contributed by atoms with Crippen LogP contribution in [0.2, 0.25) is 0 Å². The summed E-state index contributed by atoms with van der Waals surface area (Å²) in [6.07, 6.45) is -9.19. The molecule has 6 nitrogen and oxygen atoms in total. The molecule has 3 N–H and O–H groups in total. The van der Waals surface area contributed by atoms with Gasteiger partial charge in [0.15, 0.2) is 0 Å². The highest BCUT2D eigenvalue weighted by Crippen LogP contribution is 2.41. The van der Waals surface area contributed by atoms with Gasteiger partial charge < -0.3 is 15.7 Å². The molecule has 0 aliphatic heterocycles. The highest BCUT2D eigenvalue weighted by molar-refractivity contribution is 6.03. The molecular formula is C30H26F7N3O3. The monoisotopic (exact) mass is 609 g/mol. The first kappa shape index (κ1) is 33.1. The van der Waals surface area contributed by atoms with Gasteiger partial charge in [0.1, 0.15) is 17.6 Å². The number of likely N-dealkylation sites (N-methyl/N-ethyl adjacent to an activating group) is 1. The Kier molecular flexibility index (Phi) is 9.26. The van der Waals surface area contributed by atoms with Gasteiger partial charge in [0.25, 0.3) is 0 Å². The maximum Gasteiger partial charge on any atom is 0.416 e. The molecule has 0 aliphatic rings. The van der Waals surface area contributed by atoms with Crippen LogP contribution in [0.4, 0.5) is 36.4 Å². The van der Waals surface area contributed by atoms with Crippen LogP contribution >= 0.6 is 0 Å². The van der Waals surface area contributed by atoms with Crippen LogP contribution in [-0.2, 0) is 27.4 Å². The third-order valence-electron chi connectivity index (χ3n) is 6.73. The number of carbonyl (C=O) groups excluding carboxylic acids is 1. The molecule has 1 aromatic heterocycles. The Hall–Kier alpha value is -4.44. The summed E-state index contributed by atoms with van der Waals surface area (Å²) in [4.78, 5) is 30.0. The molecule has 0 bridgehead atoms. The fourth-order valence-electron chi connectivity index (χ4n) is 4.24. The molecule has 3 rings (SSSR count). The molecule has 0 fully saturated rings. The minimum absolute atomic E-state index is 0.0177. The Morgan fingerprint density at radius 3 is 2.02 bits per heavy atom. The van der Waals surface area contributed by atoms with Crippen LogP contribution in [0.3, 0.4) is 0 Å². The molecule has 0 saturated heterocycles. The minimum Gasteiger partial charge on any atom is -0.480 e. The Morgan fingerprint density at radius 2 is 1.51 bits per heavy atom. The zero-order chi connectivity index (χ0) is 32.5. The number of benzene rings is 2. The highest BCUT2D eigenvalue weighted by atomic mass is 19.4. The lowest BCUT2D eigenvalue weighted by Gasteiger charge is -2.32. The summed E-state index contributed by atoms with van der Waals surface area (Å²) in [6.45, 7) is 3.99. The number of carboxylic acids is 1. The number of carbonyl (C=O) groups is 2. The summed E-state index contributed by atoms with van der Waals surface area (Å²) in [5.41, 5.74) is 1.33. The highest BCUT2D eigenvalue weighted by Gasteiger charge is 2.41. The van der Waals surface area contributed by atoms with Crippen LogP contribution in [0.15, 0.2) is 48.7 Å². The van der Waals surface area contributed by atoms with Crippen LogP contribution in [-0.4, -0.2) is 35.1 Å². The molecule has 228 valence electrons. The largest absolute Gasteiger partial charge is 0.480 e. The molecule has 2 aromatic carbocycles. The first-order valence-corrected chi connectivity index (χ1v) is 12.6. The standard InChI is InChI=1S/C30H26F7N3O3/c1-16-10-20(31)8-9-22(16)23-14-21(6-5-7-24(38)26(41)42)39-15-25(23)40(4)27(43)28(2,3)17-11-18(29(32,33)34)13-19(12-17)30(35,36)37/h8-15,24H,7,38H2,1-4H3,(H,41,42)/t24-/m1/s1. The first-order valence-electron chi connectivity index (χ1n) is 12.6. The number of nitrogens with zero attached hydrogens (tertiary/aromatic N) is 2. The number of pyridine rings is 1. The van der Waals surface area contributed by atoms with E-state index in [1.807, 2.05) is 0 Å². The topological polar surface area (TPSA) is 96.5 Å². The van der Waals surface area contributed by atoms with Crippen LogP contribution in [0.25, 0.3) is 11.1 Å². The fraction of sp³-hybridized carbons (Fsp3) is 0.300. The van der Waals surface area contributed by atoms with Crippen molar-refractivity contribution in [3.8, 4) is 23.0 Å². The van der Waals surface area contributed by atoms with Gasteiger partial charge in [-0.05, 0) is 79.8 Å². The summed E-state index contributed by atoms with van der Waals surface area (Å²) in [6, 6.07) is 5.00. The lowest BCUT2D eigenvalue weighted by molar-refractivity contribution is -0.143. The molecular weight excluding hydrogens is 583 g/mol. The van der Waals surface area contributed by atoms with Crippen molar-refractivity contribution in [2.24, 2.45) is 5.73 Å². The Balaban J connectivity index is 2.15. The number of hydrogen-bond acceptors (Lipinski definition) is 4. The second kappa shape index (κ2) is 12.0. The number of aromatic nitrogens is 1. The van der Waals surface area contributed by atoms with Crippen molar-refractivity contribution in [2.45, 2.75) is 51.0 Å². The van der Waals surface area contributed by atoms with E-state index in [1.54, 1.807) is 6.92 Å². The zero-order valence-electron chi connectivity index (χ0n) is 23.3. The van der Waals surface area contributed by atoms with E-state index in [0.717, 1.165) is 11.0 Å². The van der Waals surface area contributed by atoms with Crippen molar-refractivity contribution in [3.05, 3.63) is 82.4 Å². The smallest absolute Gasteiger partial charge is 0.416 e. The van der Waals surface area contributed by atoms with E-state index in [9.17, 15) is 40.3 Å². The predicted octanol–water partition coefficient (Wildman–Crippen LogP) is 6.33. The predicted molar refractivity (Wildman–Crippen MR) is 144 cm³/mol. The summed E-state index contributed by atoms with van der Waals surface area (Å²) in [5, 5.41) is 8.94. The number of aliphatic carboxylic acids is 1. The van der Waals surface area contributed by atoms with E-state index in [4.69, 9.17) is 10.8 Å². The summed E-state index contributed by atoms with van der Waals surface area (Å²) in [5.74, 6) is 2.59. The minimum atomic E-state index is -5.11. The number of aryl methyl sites for hydroxylation is 1. The quantitative estimate of drug-likeness (QED) is 0.252. The van der Waals surface area contributed by atoms with Crippen molar-refractivity contribution in [1.29, 1.82) is 0 Å². The third kappa shape index (κ3) is 7.50. The van der Waals surface area contributed by atoms with Crippen molar-refractivity contribution in [1.82, 2.24) is 4.98 Å². The lowest BCUT2D eigenvalue weighted by atomic mass is 9.81. The Morgan fingerprint density at radius 1 is 0.953 bits per heavy atom. The van der Waals surface area contributed by atoms with Gasteiger partial charge in [-0.15, -0.1) is 0 Å². The average Bonchev–Trinajstić information content (AvgIpc) is 2.90. The van der Waals surface area contributed by atoms with Crippen molar-refractivity contribution in [3.63, 3.8) is 0 Å². The Labute approximate surface area is 242 Å². The van der Waals surface area contributed by atoms with Crippen molar-refractivity contribution < 1.29 is 45.4 Å². The number of amides is 1. The molecule has 1 atom stereocenters. The van der Waals surface area contributed by atoms with E-state index < -0.39 is 58.2 Å². The van der Waals surface area contributed by atoms with Crippen LogP contribution < -0.4 is 10.6 Å². The van der Waals surface area contributed by atoms with Crippen LogP contribution in [0.5, 0.6) is 0 Å². The summed E-state index contributed by atoms with van der Waals surface area (Å²) in [7, 11) is 1.28. The van der Waals surface area contributed by atoms with Crippen molar-refractivity contribution in [2.75, 3.05) is 11.9 Å². The number of rotatable bonds is 6. The molecule has 0 saturated carbocycles. The fourth-order valence-corrected chi connectivity index (χ4v) is 4.24. The number of nitrogens with two attached hydrogens (primary N) is 1. The third-order valence-corrected chi connectivity index (χ3v) is 6.73. The molecule has 3 aromatic rings. The van der Waals surface area contributed by atoms with E-state index in [2.05, 4.69) is 16.8 Å².